The van der Waals surface area contributed by atoms with Crippen molar-refractivity contribution >= 4 is 6.08 Å². The summed E-state index contributed by atoms with van der Waals surface area (Å²) in [4.78, 5) is 6.67. The summed E-state index contributed by atoms with van der Waals surface area (Å²) < 4.78 is 2.19. The Morgan fingerprint density at radius 3 is 2.68 bits per heavy atom. The minimum atomic E-state index is 0.872. The van der Waals surface area contributed by atoms with Gasteiger partial charge in [0.1, 0.15) is 0 Å². The Balaban J connectivity index is 1.36. The fraction of sp³-hybridized carbons (Fsp3) is 0.421. The highest BCUT2D eigenvalue weighted by Crippen LogP contribution is 2.21. The van der Waals surface area contributed by atoms with Gasteiger partial charge < -0.3 is 4.57 Å². The van der Waals surface area contributed by atoms with Crippen LogP contribution >= 0.6 is 0 Å². The lowest BCUT2D eigenvalue weighted by Gasteiger charge is -2.31. The van der Waals surface area contributed by atoms with Crippen molar-refractivity contribution in [1.82, 2.24) is 14.5 Å². The third kappa shape index (κ3) is 4.57. The van der Waals surface area contributed by atoms with E-state index in [9.17, 15) is 0 Å². The summed E-state index contributed by atoms with van der Waals surface area (Å²) in [5.41, 5.74) is 1.29. The number of piperidine rings is 1. The van der Waals surface area contributed by atoms with Crippen LogP contribution in [0, 0.1) is 5.92 Å². The maximum atomic E-state index is 4.10. The number of imidazole rings is 1. The first-order valence-electron chi connectivity index (χ1n) is 8.30. The normalized spacial score (nSPS) is 17.3. The summed E-state index contributed by atoms with van der Waals surface area (Å²) in [6.07, 6.45) is 14.3. The molecule has 1 aromatic heterocycles. The molecule has 1 aliphatic rings. The van der Waals surface area contributed by atoms with Gasteiger partial charge in [0.05, 0.1) is 6.33 Å². The Bertz CT molecular complexity index is 552. The quantitative estimate of drug-likeness (QED) is 0.810. The van der Waals surface area contributed by atoms with Crippen LogP contribution in [0.15, 0.2) is 55.1 Å². The Labute approximate surface area is 133 Å². The van der Waals surface area contributed by atoms with Crippen LogP contribution in [0.5, 0.6) is 0 Å². The van der Waals surface area contributed by atoms with E-state index in [1.165, 1.54) is 37.9 Å². The Kier molecular flexibility index (Phi) is 5.43. The molecule has 0 unspecified atom stereocenters. The summed E-state index contributed by atoms with van der Waals surface area (Å²) in [7, 11) is 0. The molecule has 1 fully saturated rings. The van der Waals surface area contributed by atoms with Crippen LogP contribution in [-0.4, -0.2) is 34.1 Å². The zero-order valence-corrected chi connectivity index (χ0v) is 13.1. The second kappa shape index (κ2) is 7.95. The number of nitrogens with zero attached hydrogens (tertiary/aromatic N) is 3. The minimum absolute atomic E-state index is 0.872. The summed E-state index contributed by atoms with van der Waals surface area (Å²) in [5.74, 6) is 0.872. The topological polar surface area (TPSA) is 21.1 Å². The van der Waals surface area contributed by atoms with Gasteiger partial charge in [-0.15, -0.1) is 0 Å². The van der Waals surface area contributed by atoms with Crippen molar-refractivity contribution in [2.24, 2.45) is 5.92 Å². The van der Waals surface area contributed by atoms with E-state index in [4.69, 9.17) is 0 Å². The zero-order chi connectivity index (χ0) is 15.0. The Morgan fingerprint density at radius 1 is 1.14 bits per heavy atom. The van der Waals surface area contributed by atoms with Gasteiger partial charge in [-0.2, -0.15) is 0 Å². The molecule has 0 saturated carbocycles. The van der Waals surface area contributed by atoms with E-state index in [-0.39, 0.29) is 0 Å². The van der Waals surface area contributed by atoms with Crippen molar-refractivity contribution in [3.05, 3.63) is 60.7 Å². The average molecular weight is 295 g/mol. The molecule has 0 atom stereocenters. The van der Waals surface area contributed by atoms with Gasteiger partial charge in [-0.05, 0) is 43.8 Å². The molecule has 22 heavy (non-hydrogen) atoms. The molecule has 2 heterocycles. The molecule has 3 nitrogen and oxygen atoms in total. The molecule has 1 aliphatic heterocycles. The van der Waals surface area contributed by atoms with Crippen LogP contribution in [0.1, 0.15) is 24.8 Å². The van der Waals surface area contributed by atoms with Crippen molar-refractivity contribution in [2.45, 2.75) is 25.8 Å². The van der Waals surface area contributed by atoms with Gasteiger partial charge >= 0.3 is 0 Å². The molecular weight excluding hydrogens is 270 g/mol. The standard InChI is InChI=1S/C19H25N3/c1-2-5-18(6-3-1)7-4-12-21-13-8-19(9-14-21)10-15-22-16-11-20-17-22/h1-7,11,16-17,19H,8-10,12-15H2. The maximum Gasteiger partial charge on any atom is 0.0945 e. The fourth-order valence-corrected chi connectivity index (χ4v) is 3.11. The molecule has 1 saturated heterocycles. The lowest BCUT2D eigenvalue weighted by atomic mass is 9.93. The van der Waals surface area contributed by atoms with E-state index in [0.717, 1.165) is 19.0 Å². The number of hydrogen-bond acceptors (Lipinski definition) is 2. The van der Waals surface area contributed by atoms with Crippen LogP contribution in [0.2, 0.25) is 0 Å². The van der Waals surface area contributed by atoms with Gasteiger partial charge in [0.15, 0.2) is 0 Å². The van der Waals surface area contributed by atoms with E-state index in [1.54, 1.807) is 0 Å². The Hall–Kier alpha value is -1.87. The largest absolute Gasteiger partial charge is 0.337 e. The zero-order valence-electron chi connectivity index (χ0n) is 13.1. The van der Waals surface area contributed by atoms with Crippen molar-refractivity contribution in [1.29, 1.82) is 0 Å². The first kappa shape index (κ1) is 15.0. The number of likely N-dealkylation sites (tertiary alicyclic amines) is 1. The molecule has 3 rings (SSSR count). The van der Waals surface area contributed by atoms with Gasteiger partial charge in [-0.25, -0.2) is 4.98 Å². The molecule has 0 amide bonds. The molecule has 3 heteroatoms. The maximum absolute atomic E-state index is 4.10. The number of aryl methyl sites for hydroxylation is 1. The van der Waals surface area contributed by atoms with Crippen LogP contribution in [-0.2, 0) is 6.54 Å². The van der Waals surface area contributed by atoms with Crippen molar-refractivity contribution < 1.29 is 0 Å². The van der Waals surface area contributed by atoms with Crippen molar-refractivity contribution in [2.75, 3.05) is 19.6 Å². The average Bonchev–Trinajstić information content (AvgIpc) is 3.09. The molecule has 1 aromatic carbocycles. The van der Waals surface area contributed by atoms with Crippen LogP contribution < -0.4 is 0 Å². The molecule has 2 aromatic rings. The van der Waals surface area contributed by atoms with Crippen LogP contribution in [0.25, 0.3) is 6.08 Å². The third-order valence-electron chi connectivity index (χ3n) is 4.54. The lowest BCUT2D eigenvalue weighted by molar-refractivity contribution is 0.191. The number of rotatable bonds is 6. The van der Waals surface area contributed by atoms with Crippen molar-refractivity contribution in [3.63, 3.8) is 0 Å². The minimum Gasteiger partial charge on any atom is -0.337 e. The molecular formula is C19H25N3. The SMILES string of the molecule is C(=Cc1ccccc1)CN1CCC(CCn2ccnc2)CC1. The van der Waals surface area contributed by atoms with Crippen LogP contribution in [0.4, 0.5) is 0 Å². The molecule has 0 aliphatic carbocycles. The first-order chi connectivity index (χ1) is 10.9. The van der Waals surface area contributed by atoms with Gasteiger partial charge in [-0.3, -0.25) is 4.90 Å². The number of benzene rings is 1. The van der Waals surface area contributed by atoms with Crippen LogP contribution in [0.3, 0.4) is 0 Å². The van der Waals surface area contributed by atoms with Crippen molar-refractivity contribution in [3.8, 4) is 0 Å². The van der Waals surface area contributed by atoms with E-state index >= 15 is 0 Å². The highest BCUT2D eigenvalue weighted by Gasteiger charge is 2.17. The second-order valence-electron chi connectivity index (χ2n) is 6.15. The fourth-order valence-electron chi connectivity index (χ4n) is 3.11. The number of aromatic nitrogens is 2. The summed E-state index contributed by atoms with van der Waals surface area (Å²) in [6, 6.07) is 10.5. The first-order valence-corrected chi connectivity index (χ1v) is 8.30. The smallest absolute Gasteiger partial charge is 0.0945 e. The highest BCUT2D eigenvalue weighted by molar-refractivity contribution is 5.48. The monoisotopic (exact) mass is 295 g/mol. The second-order valence-corrected chi connectivity index (χ2v) is 6.15. The van der Waals surface area contributed by atoms with E-state index in [1.807, 2.05) is 12.5 Å². The molecule has 116 valence electrons. The number of hydrogen-bond donors (Lipinski definition) is 0. The van der Waals surface area contributed by atoms with Gasteiger partial charge in [0, 0.05) is 25.5 Å². The van der Waals surface area contributed by atoms with Gasteiger partial charge in [0.25, 0.3) is 0 Å². The summed E-state index contributed by atoms with van der Waals surface area (Å²) >= 11 is 0. The lowest BCUT2D eigenvalue weighted by Crippen LogP contribution is -2.34. The molecule has 0 spiro atoms. The van der Waals surface area contributed by atoms with E-state index in [2.05, 4.69) is 63.1 Å². The summed E-state index contributed by atoms with van der Waals surface area (Å²) in [6.45, 7) is 4.64. The highest BCUT2D eigenvalue weighted by atomic mass is 15.1. The predicted molar refractivity (Wildman–Crippen MR) is 91.5 cm³/mol. The molecule has 0 bridgehead atoms. The summed E-state index contributed by atoms with van der Waals surface area (Å²) in [5, 5.41) is 0. The predicted octanol–water partition coefficient (Wildman–Crippen LogP) is 3.70. The molecule has 0 N–H and O–H groups in total. The molecule has 0 radical (unpaired) electrons. The van der Waals surface area contributed by atoms with Gasteiger partial charge in [-0.1, -0.05) is 42.5 Å². The Morgan fingerprint density at radius 2 is 1.95 bits per heavy atom. The van der Waals surface area contributed by atoms with E-state index < -0.39 is 0 Å². The third-order valence-corrected chi connectivity index (χ3v) is 4.54. The van der Waals surface area contributed by atoms with E-state index in [0.29, 0.717) is 0 Å². The van der Waals surface area contributed by atoms with Gasteiger partial charge in [0.2, 0.25) is 0 Å².